The van der Waals surface area contributed by atoms with Crippen molar-refractivity contribution in [1.29, 1.82) is 0 Å². The molecule has 1 atom stereocenters. The molecule has 1 fully saturated rings. The van der Waals surface area contributed by atoms with E-state index in [4.69, 9.17) is 17.3 Å². The Morgan fingerprint density at radius 3 is 2.69 bits per heavy atom. The van der Waals surface area contributed by atoms with E-state index in [0.717, 1.165) is 28.1 Å². The summed E-state index contributed by atoms with van der Waals surface area (Å²) >= 11 is 9.59. The van der Waals surface area contributed by atoms with Crippen LogP contribution in [0.4, 0.5) is 5.69 Å². The van der Waals surface area contributed by atoms with Crippen LogP contribution in [-0.4, -0.2) is 30.0 Å². The predicted molar refractivity (Wildman–Crippen MR) is 131 cm³/mol. The van der Waals surface area contributed by atoms with Crippen molar-refractivity contribution < 1.29 is 4.57 Å². The highest BCUT2D eigenvalue weighted by atomic mass is 79.9. The van der Waals surface area contributed by atoms with E-state index >= 15 is 0 Å². The lowest BCUT2D eigenvalue weighted by Gasteiger charge is -2.16. The Morgan fingerprint density at radius 1 is 1.38 bits per heavy atom. The molecule has 1 unspecified atom stereocenters. The molecule has 1 aliphatic carbocycles. The van der Waals surface area contributed by atoms with Gasteiger partial charge in [-0.1, -0.05) is 58.7 Å². The van der Waals surface area contributed by atoms with E-state index in [1.807, 2.05) is 19.1 Å². The first kappa shape index (κ1) is 22.4. The normalized spacial score (nSPS) is 16.9. The Labute approximate surface area is 186 Å². The number of hydrogen-bond donors (Lipinski definition) is 2. The monoisotopic (exact) mass is 495 g/mol. The molecule has 0 radical (unpaired) electrons. The van der Waals surface area contributed by atoms with Crippen LogP contribution < -0.4 is 16.4 Å². The number of alkyl halides is 2. The van der Waals surface area contributed by atoms with E-state index in [-0.39, 0.29) is 5.50 Å². The molecule has 0 spiro atoms. The van der Waals surface area contributed by atoms with Crippen LogP contribution in [0.1, 0.15) is 37.7 Å². The van der Waals surface area contributed by atoms with Crippen molar-refractivity contribution in [3.05, 3.63) is 47.7 Å². The zero-order valence-corrected chi connectivity index (χ0v) is 20.3. The maximum atomic E-state index is 13.2. The third-order valence-electron chi connectivity index (χ3n) is 5.09. The number of nitrogens with zero attached hydrogens (tertiary/aromatic N) is 1. The fourth-order valence-electron chi connectivity index (χ4n) is 3.34. The number of nitrogens with one attached hydrogen (secondary N) is 1. The van der Waals surface area contributed by atoms with Crippen LogP contribution in [0.25, 0.3) is 10.8 Å². The van der Waals surface area contributed by atoms with Crippen LogP contribution in [0, 0.1) is 0 Å². The van der Waals surface area contributed by atoms with Gasteiger partial charge in [0.1, 0.15) is 18.5 Å². The minimum Gasteiger partial charge on any atom is -0.383 e. The second-order valence-corrected chi connectivity index (χ2v) is 12.1. The van der Waals surface area contributed by atoms with Gasteiger partial charge in [-0.3, -0.25) is 0 Å². The largest absolute Gasteiger partial charge is 0.383 e. The van der Waals surface area contributed by atoms with Gasteiger partial charge in [0.25, 0.3) is 0 Å². The highest BCUT2D eigenvalue weighted by Gasteiger charge is 2.25. The summed E-state index contributed by atoms with van der Waals surface area (Å²) in [6.07, 6.45) is 5.09. The molecule has 0 heterocycles. The molecule has 0 saturated heterocycles. The highest BCUT2D eigenvalue weighted by molar-refractivity contribution is 9.09. The van der Waals surface area contributed by atoms with Gasteiger partial charge in [0, 0.05) is 22.4 Å². The molecule has 7 heteroatoms. The van der Waals surface area contributed by atoms with Crippen molar-refractivity contribution in [2.24, 2.45) is 10.7 Å². The standard InChI is InChI=1S/C22H28BrClN3OP/c1-4-20(24)26-13-17(12-23)22(25)27-19-10-8-16-11-15(14-5-6-14)7-9-18(16)21(19)29(2,3)28/h7-11,13-14,20,26H,4-6,12H2,1-3H3,(H2,25,27). The number of aliphatic imine (C=N–C) groups is 1. The molecular formula is C22H28BrClN3OP. The van der Waals surface area contributed by atoms with Crippen LogP contribution >= 0.6 is 34.7 Å². The van der Waals surface area contributed by atoms with Crippen LogP contribution in [0.5, 0.6) is 0 Å². The van der Waals surface area contributed by atoms with Gasteiger partial charge in [-0.2, -0.15) is 0 Å². The molecule has 29 heavy (non-hydrogen) atoms. The van der Waals surface area contributed by atoms with Gasteiger partial charge >= 0.3 is 0 Å². The molecule has 0 aromatic heterocycles. The second-order valence-electron chi connectivity index (χ2n) is 7.88. The molecule has 4 nitrogen and oxygen atoms in total. The van der Waals surface area contributed by atoms with Crippen LogP contribution in [0.2, 0.25) is 0 Å². The lowest BCUT2D eigenvalue weighted by atomic mass is 10.0. The summed E-state index contributed by atoms with van der Waals surface area (Å²) in [6.45, 7) is 5.57. The summed E-state index contributed by atoms with van der Waals surface area (Å²) in [7, 11) is -2.59. The molecule has 1 aliphatic rings. The minimum atomic E-state index is -2.59. The van der Waals surface area contributed by atoms with Crippen molar-refractivity contribution in [1.82, 2.24) is 5.32 Å². The van der Waals surface area contributed by atoms with E-state index in [1.54, 1.807) is 19.5 Å². The summed E-state index contributed by atoms with van der Waals surface area (Å²) in [5, 5.41) is 6.52. The molecule has 0 aliphatic heterocycles. The maximum Gasteiger partial charge on any atom is 0.129 e. The Balaban J connectivity index is 2.06. The molecule has 2 aromatic carbocycles. The lowest BCUT2D eigenvalue weighted by molar-refractivity contribution is 0.588. The zero-order valence-electron chi connectivity index (χ0n) is 17.1. The molecule has 156 valence electrons. The molecule has 1 saturated carbocycles. The van der Waals surface area contributed by atoms with E-state index in [2.05, 4.69) is 44.4 Å². The summed E-state index contributed by atoms with van der Waals surface area (Å²) in [5.41, 5.74) is 8.95. The Morgan fingerprint density at radius 2 is 2.10 bits per heavy atom. The number of hydrogen-bond acceptors (Lipinski definition) is 3. The first-order chi connectivity index (χ1) is 13.7. The number of halogens is 2. The summed E-state index contributed by atoms with van der Waals surface area (Å²) < 4.78 is 13.2. The van der Waals surface area contributed by atoms with E-state index in [1.165, 1.54) is 18.4 Å². The van der Waals surface area contributed by atoms with Crippen molar-refractivity contribution >= 4 is 62.3 Å². The SMILES string of the molecule is CCC(Cl)NC=C(CBr)C(N)=Nc1ccc2cc(C3CC3)ccc2c1P(C)(C)=O. The molecule has 0 bridgehead atoms. The van der Waals surface area contributed by atoms with Gasteiger partial charge in [-0.15, -0.1) is 0 Å². The summed E-state index contributed by atoms with van der Waals surface area (Å²) in [6, 6.07) is 10.5. The number of fused-ring (bicyclic) bond motifs is 1. The first-order valence-electron chi connectivity index (χ1n) is 9.86. The zero-order chi connectivity index (χ0) is 21.2. The number of rotatable bonds is 8. The van der Waals surface area contributed by atoms with Gasteiger partial charge in [-0.05, 0) is 60.9 Å². The van der Waals surface area contributed by atoms with E-state index < -0.39 is 7.14 Å². The van der Waals surface area contributed by atoms with Crippen molar-refractivity contribution in [3.63, 3.8) is 0 Å². The lowest BCUT2D eigenvalue weighted by Crippen LogP contribution is -2.22. The molecular weight excluding hydrogens is 469 g/mol. The fraction of sp³-hybridized carbons (Fsp3) is 0.409. The first-order valence-corrected chi connectivity index (χ1v) is 14.0. The fourth-order valence-corrected chi connectivity index (χ4v) is 5.31. The summed E-state index contributed by atoms with van der Waals surface area (Å²) in [5.74, 6) is 1.05. The van der Waals surface area contributed by atoms with Crippen molar-refractivity contribution in [2.75, 3.05) is 18.7 Å². The predicted octanol–water partition coefficient (Wildman–Crippen LogP) is 5.80. The van der Waals surface area contributed by atoms with E-state index in [0.29, 0.717) is 22.8 Å². The smallest absolute Gasteiger partial charge is 0.129 e. The van der Waals surface area contributed by atoms with Crippen LogP contribution in [0.3, 0.4) is 0 Å². The minimum absolute atomic E-state index is 0.166. The Bertz CT molecular complexity index is 1010. The summed E-state index contributed by atoms with van der Waals surface area (Å²) in [4.78, 5) is 4.66. The molecule has 3 N–H and O–H groups in total. The Kier molecular flexibility index (Phi) is 7.14. The number of nitrogens with two attached hydrogens (primary N) is 1. The molecule has 2 aromatic rings. The highest BCUT2D eigenvalue weighted by Crippen LogP contribution is 2.44. The van der Waals surface area contributed by atoms with Gasteiger partial charge in [0.2, 0.25) is 0 Å². The van der Waals surface area contributed by atoms with Gasteiger partial charge < -0.3 is 15.6 Å². The average molecular weight is 497 g/mol. The maximum absolute atomic E-state index is 13.2. The molecule has 0 amide bonds. The van der Waals surface area contributed by atoms with E-state index in [9.17, 15) is 4.57 Å². The van der Waals surface area contributed by atoms with Crippen molar-refractivity contribution in [3.8, 4) is 0 Å². The van der Waals surface area contributed by atoms with Gasteiger partial charge in [-0.25, -0.2) is 4.99 Å². The Hall–Kier alpha value is -1.29. The third kappa shape index (κ3) is 5.45. The number of benzene rings is 2. The van der Waals surface area contributed by atoms with Crippen LogP contribution in [0.15, 0.2) is 47.1 Å². The number of amidine groups is 1. The van der Waals surface area contributed by atoms with Gasteiger partial charge in [0.05, 0.1) is 5.69 Å². The van der Waals surface area contributed by atoms with Crippen LogP contribution in [-0.2, 0) is 4.57 Å². The second kappa shape index (κ2) is 9.24. The molecule has 3 rings (SSSR count). The topological polar surface area (TPSA) is 67.5 Å². The third-order valence-corrected chi connectivity index (χ3v) is 7.68. The average Bonchev–Trinajstić information content (AvgIpc) is 3.52. The quantitative estimate of drug-likeness (QED) is 0.160. The van der Waals surface area contributed by atoms with Crippen molar-refractivity contribution in [2.45, 2.75) is 37.6 Å². The van der Waals surface area contributed by atoms with Gasteiger partial charge in [0.15, 0.2) is 0 Å².